The highest BCUT2D eigenvalue weighted by atomic mass is 16.5. The van der Waals surface area contributed by atoms with E-state index in [9.17, 15) is 4.79 Å². The van der Waals surface area contributed by atoms with Gasteiger partial charge in [0.1, 0.15) is 5.52 Å². The van der Waals surface area contributed by atoms with Gasteiger partial charge in [0.05, 0.1) is 11.8 Å². The van der Waals surface area contributed by atoms with Gasteiger partial charge in [0.2, 0.25) is 5.95 Å². The molecule has 1 fully saturated rings. The first-order valence-corrected chi connectivity index (χ1v) is 10.3. The second-order valence-corrected chi connectivity index (χ2v) is 8.02. The van der Waals surface area contributed by atoms with Crippen molar-refractivity contribution in [2.24, 2.45) is 13.0 Å². The van der Waals surface area contributed by atoms with Crippen LogP contribution in [0.25, 0.3) is 11.0 Å². The van der Waals surface area contributed by atoms with Crippen molar-refractivity contribution in [3.05, 3.63) is 16.0 Å². The predicted molar refractivity (Wildman–Crippen MR) is 108 cm³/mol. The zero-order valence-corrected chi connectivity index (χ0v) is 17.1. The van der Waals surface area contributed by atoms with Crippen molar-refractivity contribution in [2.45, 2.75) is 65.4 Å². The first-order valence-electron chi connectivity index (χ1n) is 10.3. The predicted octanol–water partition coefficient (Wildman–Crippen LogP) is 3.03. The average Bonchev–Trinajstić information content (AvgIpc) is 2.96. The molecule has 1 N–H and O–H groups in total. The number of anilines is 1. The summed E-state index contributed by atoms with van der Waals surface area (Å²) >= 11 is 0. The minimum atomic E-state index is -0.119. The average molecular weight is 376 g/mol. The van der Waals surface area contributed by atoms with E-state index in [1.54, 1.807) is 4.68 Å². The normalized spacial score (nSPS) is 17.7. The van der Waals surface area contributed by atoms with Crippen molar-refractivity contribution >= 4 is 17.0 Å². The summed E-state index contributed by atoms with van der Waals surface area (Å²) in [6.07, 6.45) is 6.46. The summed E-state index contributed by atoms with van der Waals surface area (Å²) in [6, 6.07) is 0. The van der Waals surface area contributed by atoms with Gasteiger partial charge in [-0.1, -0.05) is 27.2 Å². The fourth-order valence-corrected chi connectivity index (χ4v) is 3.68. The first kappa shape index (κ1) is 19.9. The lowest BCUT2D eigenvalue weighted by atomic mass is 10.1. The molecule has 0 amide bonds. The summed E-state index contributed by atoms with van der Waals surface area (Å²) in [5.74, 6) is 1.23. The number of aromatic nitrogens is 4. The Balaban J connectivity index is 1.95. The molecular weight excluding hydrogens is 342 g/mol. The summed E-state index contributed by atoms with van der Waals surface area (Å²) in [7, 11) is 1.81. The summed E-state index contributed by atoms with van der Waals surface area (Å²) < 4.78 is 7.59. The molecule has 0 saturated carbocycles. The fraction of sp³-hybridized carbons (Fsp3) is 0.750. The maximum absolute atomic E-state index is 12.8. The molecule has 0 spiro atoms. The molecule has 27 heavy (non-hydrogen) atoms. The lowest BCUT2D eigenvalue weighted by Crippen LogP contribution is -2.38. The van der Waals surface area contributed by atoms with Gasteiger partial charge in [-0.3, -0.25) is 14.5 Å². The van der Waals surface area contributed by atoms with Gasteiger partial charge in [0.15, 0.2) is 5.52 Å². The number of hydrogen-bond acceptors (Lipinski definition) is 5. The third kappa shape index (κ3) is 4.69. The number of hydrogen-bond donors (Lipinski definition) is 1. The number of nitrogens with zero attached hydrogens (tertiary/aromatic N) is 4. The largest absolute Gasteiger partial charge is 0.376 e. The van der Waals surface area contributed by atoms with Crippen LogP contribution in [0, 0.1) is 5.92 Å². The maximum atomic E-state index is 12.8. The molecule has 1 aliphatic heterocycles. The lowest BCUT2D eigenvalue weighted by Gasteiger charge is -2.30. The van der Waals surface area contributed by atoms with E-state index in [2.05, 4.69) is 35.8 Å². The van der Waals surface area contributed by atoms with E-state index in [0.717, 1.165) is 63.0 Å². The van der Waals surface area contributed by atoms with Crippen LogP contribution in [0.2, 0.25) is 0 Å². The van der Waals surface area contributed by atoms with E-state index in [1.165, 1.54) is 6.42 Å². The Bertz CT molecular complexity index is 805. The number of fused-ring (bicyclic) bond motifs is 1. The second kappa shape index (κ2) is 8.87. The van der Waals surface area contributed by atoms with Crippen molar-refractivity contribution in [3.63, 3.8) is 0 Å². The summed E-state index contributed by atoms with van der Waals surface area (Å²) in [5.41, 5.74) is 2.07. The van der Waals surface area contributed by atoms with E-state index in [1.807, 2.05) is 7.05 Å². The number of aryl methyl sites for hydroxylation is 2. The summed E-state index contributed by atoms with van der Waals surface area (Å²) in [5, 5.41) is 4.52. The molecule has 0 bridgehead atoms. The molecule has 7 nitrogen and oxygen atoms in total. The van der Waals surface area contributed by atoms with Gasteiger partial charge in [0, 0.05) is 26.7 Å². The van der Waals surface area contributed by atoms with Gasteiger partial charge in [-0.15, -0.1) is 0 Å². The van der Waals surface area contributed by atoms with Gasteiger partial charge in [-0.25, -0.2) is 4.98 Å². The molecule has 150 valence electrons. The SMILES string of the molecule is CCCc1nn(C)c2c(=O)[nH]c(N(CCC(C)C)CC3CCCCO3)nc12. The third-order valence-corrected chi connectivity index (χ3v) is 5.21. The van der Waals surface area contributed by atoms with Gasteiger partial charge < -0.3 is 9.64 Å². The Hall–Kier alpha value is -1.89. The molecule has 0 aliphatic carbocycles. The van der Waals surface area contributed by atoms with Crippen molar-refractivity contribution in [1.29, 1.82) is 0 Å². The molecule has 7 heteroatoms. The number of ether oxygens (including phenoxy) is 1. The highest BCUT2D eigenvalue weighted by molar-refractivity contribution is 5.77. The third-order valence-electron chi connectivity index (χ3n) is 5.21. The zero-order valence-electron chi connectivity index (χ0n) is 17.1. The van der Waals surface area contributed by atoms with Gasteiger partial charge in [-0.05, 0) is 38.0 Å². The number of nitrogens with one attached hydrogen (secondary N) is 1. The maximum Gasteiger partial charge on any atom is 0.278 e. The van der Waals surface area contributed by atoms with Gasteiger partial charge in [-0.2, -0.15) is 5.10 Å². The molecular formula is C20H33N5O2. The van der Waals surface area contributed by atoms with Crippen LogP contribution in [0.4, 0.5) is 5.95 Å². The first-order chi connectivity index (χ1) is 13.0. The fourth-order valence-electron chi connectivity index (χ4n) is 3.68. The van der Waals surface area contributed by atoms with Crippen molar-refractivity contribution in [1.82, 2.24) is 19.7 Å². The van der Waals surface area contributed by atoms with Crippen LogP contribution in [0.3, 0.4) is 0 Å². The highest BCUT2D eigenvalue weighted by Gasteiger charge is 2.22. The minimum Gasteiger partial charge on any atom is -0.376 e. The monoisotopic (exact) mass is 375 g/mol. The molecule has 0 aromatic carbocycles. The number of aromatic amines is 1. The van der Waals surface area contributed by atoms with Crippen molar-refractivity contribution in [3.8, 4) is 0 Å². The molecule has 3 heterocycles. The molecule has 2 aromatic rings. The topological polar surface area (TPSA) is 76.0 Å². The standard InChI is InChI=1S/C20H33N5O2/c1-5-8-16-17-18(24(4)23-16)19(26)22-20(21-17)25(11-10-14(2)3)13-15-9-6-7-12-27-15/h14-15H,5-13H2,1-4H3,(H,21,22,26). The Morgan fingerprint density at radius 2 is 2.19 bits per heavy atom. The Morgan fingerprint density at radius 3 is 2.85 bits per heavy atom. The Morgan fingerprint density at radius 1 is 1.37 bits per heavy atom. The van der Waals surface area contributed by atoms with Crippen LogP contribution < -0.4 is 10.5 Å². The number of rotatable bonds is 8. The Labute approximate surface area is 161 Å². The molecule has 1 unspecified atom stereocenters. The van der Waals surface area contributed by atoms with E-state index < -0.39 is 0 Å². The second-order valence-electron chi connectivity index (χ2n) is 8.02. The van der Waals surface area contributed by atoms with Crippen LogP contribution in [0.15, 0.2) is 4.79 Å². The van der Waals surface area contributed by atoms with E-state index in [4.69, 9.17) is 9.72 Å². The minimum absolute atomic E-state index is 0.119. The van der Waals surface area contributed by atoms with Crippen LogP contribution in [0.1, 0.15) is 58.6 Å². The lowest BCUT2D eigenvalue weighted by molar-refractivity contribution is 0.0207. The Kier molecular flexibility index (Phi) is 6.52. The molecule has 1 saturated heterocycles. The van der Waals surface area contributed by atoms with Crippen LogP contribution in [-0.4, -0.2) is 45.5 Å². The molecule has 1 atom stereocenters. The van der Waals surface area contributed by atoms with Crippen LogP contribution in [-0.2, 0) is 18.2 Å². The molecule has 1 aliphatic rings. The van der Waals surface area contributed by atoms with Gasteiger partial charge in [0.25, 0.3) is 5.56 Å². The molecule has 0 radical (unpaired) electrons. The zero-order chi connectivity index (χ0) is 19.4. The summed E-state index contributed by atoms with van der Waals surface area (Å²) in [4.78, 5) is 22.8. The quantitative estimate of drug-likeness (QED) is 0.767. The van der Waals surface area contributed by atoms with Gasteiger partial charge >= 0.3 is 0 Å². The van der Waals surface area contributed by atoms with E-state index in [-0.39, 0.29) is 11.7 Å². The van der Waals surface area contributed by atoms with E-state index >= 15 is 0 Å². The van der Waals surface area contributed by atoms with Crippen LogP contribution >= 0.6 is 0 Å². The van der Waals surface area contributed by atoms with Crippen LogP contribution in [0.5, 0.6) is 0 Å². The number of H-pyrrole nitrogens is 1. The highest BCUT2D eigenvalue weighted by Crippen LogP contribution is 2.20. The smallest absolute Gasteiger partial charge is 0.278 e. The van der Waals surface area contributed by atoms with E-state index in [0.29, 0.717) is 17.4 Å². The van der Waals surface area contributed by atoms with Crippen molar-refractivity contribution < 1.29 is 4.74 Å². The summed E-state index contributed by atoms with van der Waals surface area (Å²) in [6.45, 7) is 9.00. The van der Waals surface area contributed by atoms with Crippen molar-refractivity contribution in [2.75, 3.05) is 24.6 Å². The molecule has 2 aromatic heterocycles. The molecule has 3 rings (SSSR count).